The van der Waals surface area contributed by atoms with Gasteiger partial charge >= 0.3 is 0 Å². The van der Waals surface area contributed by atoms with Crippen molar-refractivity contribution in [2.45, 2.75) is 19.4 Å². The molecule has 1 fully saturated rings. The SMILES string of the molecule is CC1OCC2=C(Cl)C(=O)CC21. The van der Waals surface area contributed by atoms with E-state index in [1.165, 1.54) is 0 Å². The van der Waals surface area contributed by atoms with E-state index in [0.29, 0.717) is 18.1 Å². The lowest BCUT2D eigenvalue weighted by Gasteiger charge is -2.07. The van der Waals surface area contributed by atoms with E-state index in [1.807, 2.05) is 6.92 Å². The summed E-state index contributed by atoms with van der Waals surface area (Å²) in [5.74, 6) is 0.358. The molecule has 2 aliphatic rings. The van der Waals surface area contributed by atoms with Gasteiger partial charge in [-0.25, -0.2) is 0 Å². The Morgan fingerprint density at radius 2 is 2.36 bits per heavy atom. The molecule has 0 bridgehead atoms. The van der Waals surface area contributed by atoms with E-state index in [0.717, 1.165) is 5.57 Å². The highest BCUT2D eigenvalue weighted by molar-refractivity contribution is 6.43. The largest absolute Gasteiger partial charge is 0.373 e. The van der Waals surface area contributed by atoms with Crippen LogP contribution < -0.4 is 0 Å². The maximum absolute atomic E-state index is 11.1. The van der Waals surface area contributed by atoms with Crippen LogP contribution in [0, 0.1) is 5.92 Å². The maximum atomic E-state index is 11.1. The summed E-state index contributed by atoms with van der Waals surface area (Å²) in [6.45, 7) is 2.54. The summed E-state index contributed by atoms with van der Waals surface area (Å²) in [7, 11) is 0. The van der Waals surface area contributed by atoms with Crippen LogP contribution in [0.15, 0.2) is 10.6 Å². The van der Waals surface area contributed by atoms with E-state index in [-0.39, 0.29) is 17.8 Å². The fourth-order valence-electron chi connectivity index (χ4n) is 1.71. The first kappa shape index (κ1) is 7.32. The van der Waals surface area contributed by atoms with Crippen LogP contribution in [0.1, 0.15) is 13.3 Å². The number of carbonyl (C=O) groups excluding carboxylic acids is 1. The molecule has 1 aliphatic carbocycles. The van der Waals surface area contributed by atoms with Crippen molar-refractivity contribution < 1.29 is 9.53 Å². The number of ether oxygens (including phenoxy) is 1. The number of allylic oxidation sites excluding steroid dienone is 1. The van der Waals surface area contributed by atoms with Gasteiger partial charge in [0, 0.05) is 12.3 Å². The van der Waals surface area contributed by atoms with Crippen LogP contribution in [-0.4, -0.2) is 18.5 Å². The molecule has 2 atom stereocenters. The van der Waals surface area contributed by atoms with E-state index < -0.39 is 0 Å². The lowest BCUT2D eigenvalue weighted by Crippen LogP contribution is -2.11. The summed E-state index contributed by atoms with van der Waals surface area (Å²) < 4.78 is 5.34. The third-order valence-electron chi connectivity index (χ3n) is 2.45. The topological polar surface area (TPSA) is 26.3 Å². The number of Topliss-reactive ketones (excluding diaryl/α,β-unsaturated/α-hetero) is 1. The number of hydrogen-bond acceptors (Lipinski definition) is 2. The van der Waals surface area contributed by atoms with E-state index in [2.05, 4.69) is 0 Å². The fraction of sp³-hybridized carbons (Fsp3) is 0.625. The van der Waals surface area contributed by atoms with Gasteiger partial charge in [0.15, 0.2) is 5.78 Å². The molecule has 0 N–H and O–H groups in total. The van der Waals surface area contributed by atoms with Crippen molar-refractivity contribution in [3.05, 3.63) is 10.6 Å². The molecule has 1 heterocycles. The zero-order valence-corrected chi connectivity index (χ0v) is 7.02. The second-order valence-corrected chi connectivity index (χ2v) is 3.47. The van der Waals surface area contributed by atoms with Crippen molar-refractivity contribution in [1.82, 2.24) is 0 Å². The summed E-state index contributed by atoms with van der Waals surface area (Å²) in [5.41, 5.74) is 1.02. The highest BCUT2D eigenvalue weighted by Gasteiger charge is 2.39. The zero-order chi connectivity index (χ0) is 8.01. The second kappa shape index (κ2) is 2.32. The van der Waals surface area contributed by atoms with Crippen molar-refractivity contribution in [2.75, 3.05) is 6.61 Å². The predicted molar refractivity (Wildman–Crippen MR) is 41.4 cm³/mol. The average Bonchev–Trinajstić information content (AvgIpc) is 2.43. The van der Waals surface area contributed by atoms with Crippen molar-refractivity contribution >= 4 is 17.4 Å². The quantitative estimate of drug-likeness (QED) is 0.554. The molecular formula is C8H9ClO2. The molecule has 11 heavy (non-hydrogen) atoms. The van der Waals surface area contributed by atoms with Crippen LogP contribution in [0.3, 0.4) is 0 Å². The smallest absolute Gasteiger partial charge is 0.174 e. The molecule has 2 rings (SSSR count). The molecular weight excluding hydrogens is 164 g/mol. The van der Waals surface area contributed by atoms with Crippen LogP contribution >= 0.6 is 11.6 Å². The second-order valence-electron chi connectivity index (χ2n) is 3.09. The molecule has 0 aromatic carbocycles. The minimum absolute atomic E-state index is 0.0850. The molecule has 2 nitrogen and oxygen atoms in total. The van der Waals surface area contributed by atoms with Gasteiger partial charge in [-0.05, 0) is 12.5 Å². The summed E-state index contributed by atoms with van der Waals surface area (Å²) in [5, 5.41) is 0.430. The molecule has 0 aromatic heterocycles. The third-order valence-corrected chi connectivity index (χ3v) is 2.90. The molecule has 1 aliphatic heterocycles. The highest BCUT2D eigenvalue weighted by Crippen LogP contribution is 2.39. The molecule has 0 saturated carbocycles. The van der Waals surface area contributed by atoms with Crippen LogP contribution in [0.25, 0.3) is 0 Å². The molecule has 0 aromatic rings. The maximum Gasteiger partial charge on any atom is 0.174 e. The molecule has 2 unspecified atom stereocenters. The van der Waals surface area contributed by atoms with Crippen molar-refractivity contribution in [3.63, 3.8) is 0 Å². The third kappa shape index (κ3) is 0.932. The number of hydrogen-bond donors (Lipinski definition) is 0. The summed E-state index contributed by atoms with van der Waals surface area (Å²) >= 11 is 5.78. The van der Waals surface area contributed by atoms with E-state index >= 15 is 0 Å². The fourth-order valence-corrected chi connectivity index (χ4v) is 1.98. The van der Waals surface area contributed by atoms with Crippen LogP contribution in [0.5, 0.6) is 0 Å². The van der Waals surface area contributed by atoms with Crippen LogP contribution in [0.4, 0.5) is 0 Å². The number of rotatable bonds is 0. The van der Waals surface area contributed by atoms with Gasteiger partial charge in [-0.15, -0.1) is 0 Å². The minimum Gasteiger partial charge on any atom is -0.373 e. The molecule has 0 spiro atoms. The van der Waals surface area contributed by atoms with Gasteiger partial charge in [0.25, 0.3) is 0 Å². The lowest BCUT2D eigenvalue weighted by atomic mass is 10.00. The monoisotopic (exact) mass is 172 g/mol. The van der Waals surface area contributed by atoms with Crippen molar-refractivity contribution in [1.29, 1.82) is 0 Å². The Morgan fingerprint density at radius 1 is 1.64 bits per heavy atom. The molecule has 0 amide bonds. The number of fused-ring (bicyclic) bond motifs is 1. The van der Waals surface area contributed by atoms with Crippen LogP contribution in [0.2, 0.25) is 0 Å². The summed E-state index contributed by atoms with van der Waals surface area (Å²) in [6, 6.07) is 0. The van der Waals surface area contributed by atoms with Gasteiger partial charge in [-0.1, -0.05) is 11.6 Å². The normalized spacial score (nSPS) is 36.7. The molecule has 0 radical (unpaired) electrons. The van der Waals surface area contributed by atoms with E-state index in [9.17, 15) is 4.79 Å². The predicted octanol–water partition coefficient (Wildman–Crippen LogP) is 1.49. The average molecular weight is 173 g/mol. The first-order valence-corrected chi connectivity index (χ1v) is 4.11. The number of carbonyl (C=O) groups is 1. The first-order chi connectivity index (χ1) is 5.20. The Kier molecular flexibility index (Phi) is 1.55. The van der Waals surface area contributed by atoms with Gasteiger partial charge in [0.05, 0.1) is 17.7 Å². The first-order valence-electron chi connectivity index (χ1n) is 3.73. The molecule has 1 saturated heterocycles. The number of ketones is 1. The summed E-state index contributed by atoms with van der Waals surface area (Å²) in [6.07, 6.45) is 0.722. The zero-order valence-electron chi connectivity index (χ0n) is 6.26. The van der Waals surface area contributed by atoms with Crippen molar-refractivity contribution in [3.8, 4) is 0 Å². The Balaban J connectivity index is 2.36. The number of halogens is 1. The van der Waals surface area contributed by atoms with E-state index in [4.69, 9.17) is 16.3 Å². The Morgan fingerprint density at radius 3 is 3.00 bits per heavy atom. The standard InChI is InChI=1S/C8H9ClO2/c1-4-5-2-7(10)8(9)6(5)3-11-4/h4-5H,2-3H2,1H3. The molecule has 3 heteroatoms. The van der Waals surface area contributed by atoms with Gasteiger partial charge in [0.1, 0.15) is 0 Å². The van der Waals surface area contributed by atoms with Gasteiger partial charge < -0.3 is 4.74 Å². The van der Waals surface area contributed by atoms with Gasteiger partial charge in [-0.3, -0.25) is 4.79 Å². The Labute approximate surface area is 70.2 Å². The molecule has 60 valence electrons. The lowest BCUT2D eigenvalue weighted by molar-refractivity contribution is -0.115. The Hall–Kier alpha value is -0.340. The highest BCUT2D eigenvalue weighted by atomic mass is 35.5. The van der Waals surface area contributed by atoms with Crippen molar-refractivity contribution in [2.24, 2.45) is 5.92 Å². The minimum atomic E-state index is 0.0850. The van der Waals surface area contributed by atoms with E-state index in [1.54, 1.807) is 0 Å². The van der Waals surface area contributed by atoms with Gasteiger partial charge in [0.2, 0.25) is 0 Å². The summed E-state index contributed by atoms with van der Waals surface area (Å²) in [4.78, 5) is 11.1. The van der Waals surface area contributed by atoms with Gasteiger partial charge in [-0.2, -0.15) is 0 Å². The van der Waals surface area contributed by atoms with Crippen LogP contribution in [-0.2, 0) is 9.53 Å². The Bertz CT molecular complexity index is 244.